The minimum absolute atomic E-state index is 0.822. The lowest BCUT2D eigenvalue weighted by Gasteiger charge is -2.12. The van der Waals surface area contributed by atoms with Crippen LogP contribution >= 0.6 is 0 Å². The summed E-state index contributed by atoms with van der Waals surface area (Å²) in [6.45, 7) is 0. The van der Waals surface area contributed by atoms with E-state index in [0.29, 0.717) is 0 Å². The van der Waals surface area contributed by atoms with Gasteiger partial charge in [-0.3, -0.25) is 0 Å². The number of benzene rings is 6. The van der Waals surface area contributed by atoms with E-state index in [0.717, 1.165) is 11.4 Å². The van der Waals surface area contributed by atoms with Crippen molar-refractivity contribution < 1.29 is 0 Å². The van der Waals surface area contributed by atoms with Gasteiger partial charge in [0.25, 0.3) is 0 Å². The van der Waals surface area contributed by atoms with E-state index in [1.165, 1.54) is 33.0 Å². The topological polar surface area (TPSA) is 52.0 Å². The van der Waals surface area contributed by atoms with Crippen LogP contribution in [0.5, 0.6) is 0 Å². The van der Waals surface area contributed by atoms with E-state index >= 15 is 0 Å². The van der Waals surface area contributed by atoms with Gasteiger partial charge in [-0.05, 0) is 57.3 Å². The molecule has 0 aliphatic rings. The van der Waals surface area contributed by atoms with Gasteiger partial charge in [0.2, 0.25) is 0 Å². The van der Waals surface area contributed by atoms with E-state index in [-0.39, 0.29) is 0 Å². The standard InChI is InChI=1S/C22H16.2C6H7N/c1-2-9-17(10-3-1)19-14-6-7-15-21(19)22-16-8-12-18-11-4-5-13-20(18)22;2*7-6-4-2-1-3-5-6/h1-16H;2*1-5H,7H2. The van der Waals surface area contributed by atoms with Crippen molar-refractivity contribution >= 4 is 22.1 Å². The first-order valence-corrected chi connectivity index (χ1v) is 12.0. The highest BCUT2D eigenvalue weighted by Crippen LogP contribution is 2.35. The predicted molar refractivity (Wildman–Crippen MR) is 157 cm³/mol. The zero-order valence-corrected chi connectivity index (χ0v) is 20.2. The van der Waals surface area contributed by atoms with Gasteiger partial charge in [-0.25, -0.2) is 0 Å². The lowest BCUT2D eigenvalue weighted by atomic mass is 9.91. The van der Waals surface area contributed by atoms with Crippen molar-refractivity contribution in [1.82, 2.24) is 0 Å². The van der Waals surface area contributed by atoms with Gasteiger partial charge in [-0.1, -0.05) is 133 Å². The van der Waals surface area contributed by atoms with E-state index in [1.807, 2.05) is 60.7 Å². The third-order valence-electron chi connectivity index (χ3n) is 5.69. The Kier molecular flexibility index (Phi) is 8.50. The fourth-order valence-electron chi connectivity index (χ4n) is 3.95. The molecule has 36 heavy (non-hydrogen) atoms. The van der Waals surface area contributed by atoms with Gasteiger partial charge < -0.3 is 11.5 Å². The van der Waals surface area contributed by atoms with Crippen LogP contribution in [-0.4, -0.2) is 0 Å². The molecule has 0 aliphatic heterocycles. The molecule has 6 rings (SSSR count). The summed E-state index contributed by atoms with van der Waals surface area (Å²) in [6, 6.07) is 53.3. The molecule has 176 valence electrons. The number of fused-ring (bicyclic) bond motifs is 1. The Labute approximate surface area is 213 Å². The number of nitrogens with two attached hydrogens (primary N) is 2. The summed E-state index contributed by atoms with van der Waals surface area (Å²) in [5, 5.41) is 2.58. The monoisotopic (exact) mass is 466 g/mol. The Morgan fingerprint density at radius 2 is 0.722 bits per heavy atom. The zero-order chi connectivity index (χ0) is 25.0. The van der Waals surface area contributed by atoms with Crippen LogP contribution in [-0.2, 0) is 0 Å². The van der Waals surface area contributed by atoms with Gasteiger partial charge in [0, 0.05) is 11.4 Å². The first kappa shape index (κ1) is 24.3. The Balaban J connectivity index is 0.000000177. The van der Waals surface area contributed by atoms with Crippen molar-refractivity contribution in [2.24, 2.45) is 0 Å². The molecule has 0 unspecified atom stereocenters. The molecule has 0 amide bonds. The Morgan fingerprint density at radius 3 is 1.28 bits per heavy atom. The average molecular weight is 467 g/mol. The van der Waals surface area contributed by atoms with Crippen LogP contribution in [0.15, 0.2) is 158 Å². The third-order valence-corrected chi connectivity index (χ3v) is 5.69. The Bertz CT molecular complexity index is 1440. The molecule has 2 nitrogen and oxygen atoms in total. The Morgan fingerprint density at radius 1 is 0.306 bits per heavy atom. The minimum atomic E-state index is 0.822. The van der Waals surface area contributed by atoms with Gasteiger partial charge >= 0.3 is 0 Å². The van der Waals surface area contributed by atoms with Crippen LogP contribution in [0.4, 0.5) is 11.4 Å². The van der Waals surface area contributed by atoms with Gasteiger partial charge in [-0.15, -0.1) is 0 Å². The molecule has 0 saturated carbocycles. The maximum Gasteiger partial charge on any atom is 0.0313 e. The second kappa shape index (κ2) is 12.6. The van der Waals surface area contributed by atoms with Crippen LogP contribution in [0, 0.1) is 0 Å². The number of hydrogen-bond donors (Lipinski definition) is 2. The molecule has 4 N–H and O–H groups in total. The molecule has 0 heterocycles. The average Bonchev–Trinajstić information content (AvgIpc) is 2.95. The van der Waals surface area contributed by atoms with Crippen LogP contribution in [0.1, 0.15) is 0 Å². The van der Waals surface area contributed by atoms with Crippen molar-refractivity contribution in [3.8, 4) is 22.3 Å². The molecule has 0 radical (unpaired) electrons. The first-order chi connectivity index (χ1) is 17.7. The Hall–Kier alpha value is -4.82. The molecule has 0 aliphatic carbocycles. The third kappa shape index (κ3) is 6.62. The molecule has 2 heteroatoms. The van der Waals surface area contributed by atoms with E-state index in [2.05, 4.69) is 97.1 Å². The number of hydrogen-bond acceptors (Lipinski definition) is 2. The van der Waals surface area contributed by atoms with E-state index in [4.69, 9.17) is 11.5 Å². The fraction of sp³-hybridized carbons (Fsp3) is 0. The summed E-state index contributed by atoms with van der Waals surface area (Å²) in [7, 11) is 0. The highest BCUT2D eigenvalue weighted by molar-refractivity contribution is 6.00. The van der Waals surface area contributed by atoms with Gasteiger partial charge in [0.05, 0.1) is 0 Å². The van der Waals surface area contributed by atoms with E-state index in [1.54, 1.807) is 0 Å². The second-order valence-electron chi connectivity index (χ2n) is 8.26. The van der Waals surface area contributed by atoms with Crippen molar-refractivity contribution in [2.45, 2.75) is 0 Å². The van der Waals surface area contributed by atoms with Crippen molar-refractivity contribution in [1.29, 1.82) is 0 Å². The quantitative estimate of drug-likeness (QED) is 0.251. The molecule has 0 spiro atoms. The largest absolute Gasteiger partial charge is 0.399 e. The number of rotatable bonds is 2. The molecule has 6 aromatic rings. The molecule has 0 saturated heterocycles. The summed E-state index contributed by atoms with van der Waals surface area (Å²) in [6.07, 6.45) is 0. The smallest absolute Gasteiger partial charge is 0.0313 e. The number of anilines is 2. The molecule has 0 aromatic heterocycles. The molecular weight excluding hydrogens is 436 g/mol. The summed E-state index contributed by atoms with van der Waals surface area (Å²) in [4.78, 5) is 0. The van der Waals surface area contributed by atoms with Crippen LogP contribution < -0.4 is 11.5 Å². The first-order valence-electron chi connectivity index (χ1n) is 12.0. The SMILES string of the molecule is Nc1ccccc1.Nc1ccccc1.c1ccc(-c2ccccc2-c2cccc3ccccc23)cc1. The fourth-order valence-corrected chi connectivity index (χ4v) is 3.95. The van der Waals surface area contributed by atoms with Gasteiger partial charge in [-0.2, -0.15) is 0 Å². The van der Waals surface area contributed by atoms with Crippen LogP contribution in [0.25, 0.3) is 33.0 Å². The summed E-state index contributed by atoms with van der Waals surface area (Å²) in [5.41, 5.74) is 17.5. The molecule has 0 atom stereocenters. The molecule has 0 fully saturated rings. The lowest BCUT2D eigenvalue weighted by Crippen LogP contribution is -1.86. The van der Waals surface area contributed by atoms with Crippen molar-refractivity contribution in [3.05, 3.63) is 158 Å². The normalized spacial score (nSPS) is 9.89. The summed E-state index contributed by atoms with van der Waals surface area (Å²) < 4.78 is 0. The number of nitrogen functional groups attached to an aromatic ring is 2. The predicted octanol–water partition coefficient (Wildman–Crippen LogP) is 8.71. The summed E-state index contributed by atoms with van der Waals surface area (Å²) in [5.74, 6) is 0. The van der Waals surface area contributed by atoms with Crippen molar-refractivity contribution in [3.63, 3.8) is 0 Å². The van der Waals surface area contributed by atoms with Crippen LogP contribution in [0.2, 0.25) is 0 Å². The lowest BCUT2D eigenvalue weighted by molar-refractivity contribution is 1.60. The van der Waals surface area contributed by atoms with Gasteiger partial charge in [0.15, 0.2) is 0 Å². The summed E-state index contributed by atoms with van der Waals surface area (Å²) >= 11 is 0. The maximum atomic E-state index is 5.36. The number of para-hydroxylation sites is 2. The molecular formula is C34H30N2. The maximum absolute atomic E-state index is 5.36. The molecule has 6 aromatic carbocycles. The van der Waals surface area contributed by atoms with Crippen LogP contribution in [0.3, 0.4) is 0 Å². The highest BCUT2D eigenvalue weighted by atomic mass is 14.5. The van der Waals surface area contributed by atoms with E-state index < -0.39 is 0 Å². The highest BCUT2D eigenvalue weighted by Gasteiger charge is 2.09. The van der Waals surface area contributed by atoms with Gasteiger partial charge in [0.1, 0.15) is 0 Å². The molecule has 0 bridgehead atoms. The van der Waals surface area contributed by atoms with E-state index in [9.17, 15) is 0 Å². The minimum Gasteiger partial charge on any atom is -0.399 e. The van der Waals surface area contributed by atoms with Crippen molar-refractivity contribution in [2.75, 3.05) is 11.5 Å². The second-order valence-corrected chi connectivity index (χ2v) is 8.26. The zero-order valence-electron chi connectivity index (χ0n) is 20.2.